The first kappa shape index (κ1) is 14.5. The van der Waals surface area contributed by atoms with Crippen molar-refractivity contribution in [3.05, 3.63) is 0 Å². The molecular formula is C14H27NO2. The fraction of sp³-hybridized carbons (Fsp3) is 0.929. The maximum atomic E-state index is 12.6. The van der Waals surface area contributed by atoms with E-state index in [9.17, 15) is 4.79 Å². The molecule has 0 aromatic heterocycles. The molecule has 0 radical (unpaired) electrons. The van der Waals surface area contributed by atoms with Crippen LogP contribution in [0.4, 0.5) is 0 Å². The largest absolute Gasteiger partial charge is 0.378 e. The van der Waals surface area contributed by atoms with Gasteiger partial charge >= 0.3 is 0 Å². The Hall–Kier alpha value is -0.570. The van der Waals surface area contributed by atoms with Crippen molar-refractivity contribution in [3.63, 3.8) is 0 Å². The number of nitrogens with zero attached hydrogens (tertiary/aromatic N) is 1. The summed E-state index contributed by atoms with van der Waals surface area (Å²) in [6.07, 6.45) is 2.98. The average Bonchev–Trinajstić information content (AvgIpc) is 2.74. The van der Waals surface area contributed by atoms with Crippen LogP contribution in [-0.4, -0.2) is 35.6 Å². The summed E-state index contributed by atoms with van der Waals surface area (Å²) in [5, 5.41) is 0. The molecule has 0 saturated carbocycles. The molecule has 0 N–H and O–H groups in total. The summed E-state index contributed by atoms with van der Waals surface area (Å²) in [6.45, 7) is 11.3. The summed E-state index contributed by atoms with van der Waals surface area (Å²) < 4.78 is 5.52. The van der Waals surface area contributed by atoms with Crippen molar-refractivity contribution >= 4 is 5.91 Å². The quantitative estimate of drug-likeness (QED) is 0.740. The molecule has 0 aromatic rings. The number of carbonyl (C=O) groups is 1. The highest BCUT2D eigenvalue weighted by molar-refractivity contribution is 5.80. The molecule has 1 aliphatic rings. The van der Waals surface area contributed by atoms with Gasteiger partial charge in [0.1, 0.15) is 0 Å². The van der Waals surface area contributed by atoms with Crippen LogP contribution in [0, 0.1) is 5.92 Å². The van der Waals surface area contributed by atoms with Gasteiger partial charge in [0.25, 0.3) is 0 Å². The minimum atomic E-state index is 0.0676. The van der Waals surface area contributed by atoms with Crippen molar-refractivity contribution in [1.82, 2.24) is 4.90 Å². The maximum absolute atomic E-state index is 12.6. The first-order valence-corrected chi connectivity index (χ1v) is 6.96. The second-order valence-electron chi connectivity index (χ2n) is 5.23. The summed E-state index contributed by atoms with van der Waals surface area (Å²) in [5.41, 5.74) is 0. The molecule has 0 spiro atoms. The predicted molar refractivity (Wildman–Crippen MR) is 69.9 cm³/mol. The molecule has 4 atom stereocenters. The number of ether oxygens (including phenoxy) is 1. The van der Waals surface area contributed by atoms with Gasteiger partial charge in [-0.15, -0.1) is 0 Å². The van der Waals surface area contributed by atoms with Crippen LogP contribution in [0.2, 0.25) is 0 Å². The van der Waals surface area contributed by atoms with Gasteiger partial charge in [-0.05, 0) is 40.0 Å². The number of rotatable bonds is 5. The zero-order valence-corrected chi connectivity index (χ0v) is 11.9. The van der Waals surface area contributed by atoms with Crippen molar-refractivity contribution < 1.29 is 9.53 Å². The normalized spacial score (nSPS) is 27.8. The molecule has 100 valence electrons. The second-order valence-corrected chi connectivity index (χ2v) is 5.23. The maximum Gasteiger partial charge on any atom is 0.228 e. The standard InChI is InChI=1S/C14H27NO2/c1-6-10(3)15(11(4)7-2)14(16)13-8-9-17-12(13)5/h10-13H,6-9H2,1-5H3. The van der Waals surface area contributed by atoms with Crippen LogP contribution >= 0.6 is 0 Å². The first-order chi connectivity index (χ1) is 8.02. The smallest absolute Gasteiger partial charge is 0.228 e. The molecule has 3 nitrogen and oxygen atoms in total. The Bertz CT molecular complexity index is 245. The highest BCUT2D eigenvalue weighted by Gasteiger charge is 2.36. The lowest BCUT2D eigenvalue weighted by Gasteiger charge is -2.36. The number of hydrogen-bond donors (Lipinski definition) is 0. The van der Waals surface area contributed by atoms with Gasteiger partial charge in [0.2, 0.25) is 5.91 Å². The number of hydrogen-bond acceptors (Lipinski definition) is 2. The third-order valence-electron chi connectivity index (χ3n) is 4.08. The van der Waals surface area contributed by atoms with E-state index in [0.29, 0.717) is 18.0 Å². The Morgan fingerprint density at radius 1 is 1.29 bits per heavy atom. The predicted octanol–water partition coefficient (Wildman–Crippen LogP) is 2.84. The van der Waals surface area contributed by atoms with Gasteiger partial charge < -0.3 is 9.64 Å². The van der Waals surface area contributed by atoms with E-state index in [-0.39, 0.29) is 12.0 Å². The van der Waals surface area contributed by atoms with Crippen LogP contribution < -0.4 is 0 Å². The van der Waals surface area contributed by atoms with E-state index in [1.807, 2.05) is 6.92 Å². The Labute approximate surface area is 106 Å². The van der Waals surface area contributed by atoms with Crippen LogP contribution in [-0.2, 0) is 9.53 Å². The Kier molecular flexibility index (Phi) is 5.44. The zero-order chi connectivity index (χ0) is 13.0. The molecule has 3 heteroatoms. The highest BCUT2D eigenvalue weighted by atomic mass is 16.5. The molecule has 1 heterocycles. The topological polar surface area (TPSA) is 29.5 Å². The monoisotopic (exact) mass is 241 g/mol. The minimum Gasteiger partial charge on any atom is -0.378 e. The van der Waals surface area contributed by atoms with Crippen LogP contribution in [0.3, 0.4) is 0 Å². The lowest BCUT2D eigenvalue weighted by molar-refractivity contribution is -0.141. The SMILES string of the molecule is CCC(C)N(C(=O)C1CCOC1C)C(C)CC. The summed E-state index contributed by atoms with van der Waals surface area (Å²) in [7, 11) is 0. The lowest BCUT2D eigenvalue weighted by atomic mass is 9.98. The van der Waals surface area contributed by atoms with E-state index >= 15 is 0 Å². The first-order valence-electron chi connectivity index (χ1n) is 6.96. The molecule has 1 amide bonds. The third-order valence-corrected chi connectivity index (χ3v) is 4.08. The minimum absolute atomic E-state index is 0.0676. The Morgan fingerprint density at radius 3 is 2.18 bits per heavy atom. The third kappa shape index (κ3) is 3.21. The van der Waals surface area contributed by atoms with E-state index in [1.165, 1.54) is 0 Å². The highest BCUT2D eigenvalue weighted by Crippen LogP contribution is 2.25. The Morgan fingerprint density at radius 2 is 1.82 bits per heavy atom. The van der Waals surface area contributed by atoms with Gasteiger partial charge in [-0.2, -0.15) is 0 Å². The Balaban J connectivity index is 2.78. The van der Waals surface area contributed by atoms with E-state index in [4.69, 9.17) is 4.74 Å². The van der Waals surface area contributed by atoms with Gasteiger partial charge in [-0.3, -0.25) is 4.79 Å². The average molecular weight is 241 g/mol. The molecule has 1 saturated heterocycles. The zero-order valence-electron chi connectivity index (χ0n) is 11.9. The lowest BCUT2D eigenvalue weighted by Crippen LogP contribution is -2.48. The fourth-order valence-electron chi connectivity index (χ4n) is 2.51. The summed E-state index contributed by atoms with van der Waals surface area (Å²) in [5.74, 6) is 0.358. The van der Waals surface area contributed by atoms with Crippen molar-refractivity contribution in [2.75, 3.05) is 6.61 Å². The van der Waals surface area contributed by atoms with Crippen molar-refractivity contribution in [3.8, 4) is 0 Å². The van der Waals surface area contributed by atoms with E-state index in [1.54, 1.807) is 0 Å². The van der Waals surface area contributed by atoms with Crippen molar-refractivity contribution in [1.29, 1.82) is 0 Å². The molecule has 1 fully saturated rings. The molecule has 0 aliphatic carbocycles. The molecule has 1 rings (SSSR count). The van der Waals surface area contributed by atoms with Gasteiger partial charge in [0.05, 0.1) is 12.0 Å². The molecule has 4 unspecified atom stereocenters. The van der Waals surface area contributed by atoms with E-state index < -0.39 is 0 Å². The molecule has 0 aromatic carbocycles. The van der Waals surface area contributed by atoms with Crippen molar-refractivity contribution in [2.45, 2.75) is 72.1 Å². The molecular weight excluding hydrogens is 214 g/mol. The van der Waals surface area contributed by atoms with Gasteiger partial charge in [-0.1, -0.05) is 13.8 Å². The fourth-order valence-corrected chi connectivity index (χ4v) is 2.51. The number of carbonyl (C=O) groups excluding carboxylic acids is 1. The van der Waals surface area contributed by atoms with Crippen LogP contribution in [0.25, 0.3) is 0 Å². The van der Waals surface area contributed by atoms with Crippen LogP contribution in [0.15, 0.2) is 0 Å². The molecule has 17 heavy (non-hydrogen) atoms. The summed E-state index contributed by atoms with van der Waals surface area (Å²) in [6, 6.07) is 0.649. The molecule has 1 aliphatic heterocycles. The molecule has 0 bridgehead atoms. The summed E-state index contributed by atoms with van der Waals surface area (Å²) in [4.78, 5) is 14.7. The van der Waals surface area contributed by atoms with Crippen molar-refractivity contribution in [2.24, 2.45) is 5.92 Å². The second kappa shape index (κ2) is 6.39. The number of amides is 1. The summed E-state index contributed by atoms with van der Waals surface area (Å²) >= 11 is 0. The van der Waals surface area contributed by atoms with Gasteiger partial charge in [0, 0.05) is 18.7 Å². The van der Waals surface area contributed by atoms with Crippen LogP contribution in [0.5, 0.6) is 0 Å². The van der Waals surface area contributed by atoms with E-state index in [2.05, 4.69) is 32.6 Å². The van der Waals surface area contributed by atoms with Gasteiger partial charge in [0.15, 0.2) is 0 Å². The van der Waals surface area contributed by atoms with Gasteiger partial charge in [-0.25, -0.2) is 0 Å². The van der Waals surface area contributed by atoms with E-state index in [0.717, 1.165) is 25.9 Å². The van der Waals surface area contributed by atoms with Crippen LogP contribution in [0.1, 0.15) is 53.9 Å².